The average molecular weight is 315 g/mol. The summed E-state index contributed by atoms with van der Waals surface area (Å²) in [7, 11) is 3.19. The number of carbonyl (C=O) groups is 1. The molecule has 1 atom stereocenters. The van der Waals surface area contributed by atoms with E-state index in [1.165, 1.54) is 0 Å². The van der Waals surface area contributed by atoms with Crippen molar-refractivity contribution in [3.8, 4) is 11.5 Å². The highest BCUT2D eigenvalue weighted by Gasteiger charge is 2.14. The summed E-state index contributed by atoms with van der Waals surface area (Å²) >= 11 is 6.08. The SMILES string of the molecule is CNC(=O)CCCOc1c(CC(C)N)cc(Cl)cc1OC. The number of carbonyl (C=O) groups excluding carboxylic acids is 1. The summed E-state index contributed by atoms with van der Waals surface area (Å²) in [6, 6.07) is 3.53. The molecule has 0 aliphatic rings. The predicted octanol–water partition coefficient (Wildman–Crippen LogP) is 2.14. The van der Waals surface area contributed by atoms with Crippen molar-refractivity contribution in [3.05, 3.63) is 22.7 Å². The normalized spacial score (nSPS) is 11.9. The Morgan fingerprint density at radius 1 is 1.48 bits per heavy atom. The topological polar surface area (TPSA) is 73.6 Å². The average Bonchev–Trinajstić information content (AvgIpc) is 2.43. The first-order chi connectivity index (χ1) is 9.97. The zero-order chi connectivity index (χ0) is 15.8. The molecule has 1 aromatic rings. The molecule has 1 unspecified atom stereocenters. The molecule has 3 N–H and O–H groups in total. The molecule has 0 spiro atoms. The number of ether oxygens (including phenoxy) is 2. The van der Waals surface area contributed by atoms with Crippen LogP contribution in [0.15, 0.2) is 12.1 Å². The largest absolute Gasteiger partial charge is 0.493 e. The van der Waals surface area contributed by atoms with Crippen LogP contribution in [0.3, 0.4) is 0 Å². The predicted molar refractivity (Wildman–Crippen MR) is 84.2 cm³/mol. The molecule has 0 heterocycles. The number of halogens is 1. The zero-order valence-electron chi connectivity index (χ0n) is 12.7. The Kier molecular flexibility index (Phi) is 7.32. The van der Waals surface area contributed by atoms with Crippen LogP contribution in [-0.2, 0) is 11.2 Å². The summed E-state index contributed by atoms with van der Waals surface area (Å²) < 4.78 is 11.1. The summed E-state index contributed by atoms with van der Waals surface area (Å²) in [5.74, 6) is 1.23. The van der Waals surface area contributed by atoms with Gasteiger partial charge in [-0.15, -0.1) is 0 Å². The van der Waals surface area contributed by atoms with E-state index in [0.717, 1.165) is 5.56 Å². The summed E-state index contributed by atoms with van der Waals surface area (Å²) in [5.41, 5.74) is 6.77. The molecule has 0 aliphatic carbocycles. The van der Waals surface area contributed by atoms with E-state index in [1.807, 2.05) is 13.0 Å². The molecule has 21 heavy (non-hydrogen) atoms. The van der Waals surface area contributed by atoms with Crippen LogP contribution in [-0.4, -0.2) is 32.7 Å². The number of nitrogens with two attached hydrogens (primary N) is 1. The monoisotopic (exact) mass is 314 g/mol. The highest BCUT2D eigenvalue weighted by atomic mass is 35.5. The molecule has 0 radical (unpaired) electrons. The Morgan fingerprint density at radius 3 is 2.76 bits per heavy atom. The first-order valence-electron chi connectivity index (χ1n) is 6.93. The fourth-order valence-corrected chi connectivity index (χ4v) is 2.20. The van der Waals surface area contributed by atoms with Crippen LogP contribution >= 0.6 is 11.6 Å². The number of hydrogen-bond donors (Lipinski definition) is 2. The van der Waals surface area contributed by atoms with Crippen LogP contribution < -0.4 is 20.5 Å². The fraction of sp³-hybridized carbons (Fsp3) is 0.533. The Balaban J connectivity index is 2.79. The standard InChI is InChI=1S/C15H23ClN2O3/c1-10(17)7-11-8-12(16)9-13(20-3)15(11)21-6-4-5-14(19)18-2/h8-10H,4-7,17H2,1-3H3,(H,18,19). The van der Waals surface area contributed by atoms with E-state index < -0.39 is 0 Å². The Labute approximate surface area is 130 Å². The minimum atomic E-state index is -0.0126. The molecule has 5 nitrogen and oxygen atoms in total. The van der Waals surface area contributed by atoms with Crippen LogP contribution in [0.4, 0.5) is 0 Å². The van der Waals surface area contributed by atoms with Gasteiger partial charge in [0.15, 0.2) is 11.5 Å². The fourth-order valence-electron chi connectivity index (χ4n) is 1.97. The van der Waals surface area contributed by atoms with Gasteiger partial charge in [-0.25, -0.2) is 0 Å². The number of benzene rings is 1. The quantitative estimate of drug-likeness (QED) is 0.721. The molecular weight excluding hydrogens is 292 g/mol. The molecule has 1 aromatic carbocycles. The van der Waals surface area contributed by atoms with Crippen LogP contribution in [0.1, 0.15) is 25.3 Å². The van der Waals surface area contributed by atoms with Gasteiger partial charge < -0.3 is 20.5 Å². The van der Waals surface area contributed by atoms with Crippen LogP contribution in [0.2, 0.25) is 5.02 Å². The van der Waals surface area contributed by atoms with E-state index in [-0.39, 0.29) is 11.9 Å². The third-order valence-corrected chi connectivity index (χ3v) is 3.15. The van der Waals surface area contributed by atoms with Gasteiger partial charge in [-0.05, 0) is 25.8 Å². The molecular formula is C15H23ClN2O3. The second kappa shape index (κ2) is 8.74. The van der Waals surface area contributed by atoms with Crippen LogP contribution in [0.25, 0.3) is 0 Å². The van der Waals surface area contributed by atoms with E-state index in [1.54, 1.807) is 20.2 Å². The molecule has 1 amide bonds. The zero-order valence-corrected chi connectivity index (χ0v) is 13.5. The van der Waals surface area contributed by atoms with E-state index in [0.29, 0.717) is 42.4 Å². The lowest BCUT2D eigenvalue weighted by atomic mass is 10.1. The lowest BCUT2D eigenvalue weighted by molar-refractivity contribution is -0.120. The molecule has 118 valence electrons. The van der Waals surface area contributed by atoms with Crippen molar-refractivity contribution in [2.75, 3.05) is 20.8 Å². The van der Waals surface area contributed by atoms with E-state index in [2.05, 4.69) is 5.32 Å². The van der Waals surface area contributed by atoms with Crippen molar-refractivity contribution in [2.45, 2.75) is 32.2 Å². The van der Waals surface area contributed by atoms with Gasteiger partial charge >= 0.3 is 0 Å². The molecule has 0 bridgehead atoms. The first kappa shape index (κ1) is 17.6. The Bertz CT molecular complexity index is 478. The molecule has 0 saturated carbocycles. The second-order valence-corrected chi connectivity index (χ2v) is 5.34. The van der Waals surface area contributed by atoms with E-state index in [4.69, 9.17) is 26.8 Å². The van der Waals surface area contributed by atoms with Crippen LogP contribution in [0, 0.1) is 0 Å². The van der Waals surface area contributed by atoms with Crippen molar-refractivity contribution in [2.24, 2.45) is 5.73 Å². The molecule has 0 fully saturated rings. The van der Waals surface area contributed by atoms with Gasteiger partial charge in [-0.3, -0.25) is 4.79 Å². The maximum absolute atomic E-state index is 11.2. The number of amides is 1. The summed E-state index contributed by atoms with van der Waals surface area (Å²) in [6.07, 6.45) is 1.69. The van der Waals surface area contributed by atoms with Crippen molar-refractivity contribution >= 4 is 17.5 Å². The summed E-state index contributed by atoms with van der Waals surface area (Å²) in [4.78, 5) is 11.2. The number of hydrogen-bond acceptors (Lipinski definition) is 4. The number of methoxy groups -OCH3 is 1. The highest BCUT2D eigenvalue weighted by molar-refractivity contribution is 6.30. The second-order valence-electron chi connectivity index (χ2n) is 4.90. The van der Waals surface area contributed by atoms with Crippen LogP contribution in [0.5, 0.6) is 11.5 Å². The molecule has 0 aromatic heterocycles. The third kappa shape index (κ3) is 5.81. The Hall–Kier alpha value is -1.46. The molecule has 6 heteroatoms. The van der Waals surface area contributed by atoms with Gasteiger partial charge in [-0.1, -0.05) is 11.6 Å². The van der Waals surface area contributed by atoms with Gasteiger partial charge in [0.25, 0.3) is 0 Å². The molecule has 0 saturated heterocycles. The van der Waals surface area contributed by atoms with Gasteiger partial charge in [0.1, 0.15) is 0 Å². The number of nitrogens with one attached hydrogen (secondary N) is 1. The van der Waals surface area contributed by atoms with Gasteiger partial charge in [-0.2, -0.15) is 0 Å². The highest BCUT2D eigenvalue weighted by Crippen LogP contribution is 2.35. The maximum Gasteiger partial charge on any atom is 0.219 e. The van der Waals surface area contributed by atoms with E-state index >= 15 is 0 Å². The number of rotatable bonds is 8. The lowest BCUT2D eigenvalue weighted by Gasteiger charge is -2.17. The van der Waals surface area contributed by atoms with Crippen molar-refractivity contribution < 1.29 is 14.3 Å². The van der Waals surface area contributed by atoms with Crippen molar-refractivity contribution in [1.29, 1.82) is 0 Å². The van der Waals surface area contributed by atoms with Crippen molar-refractivity contribution in [3.63, 3.8) is 0 Å². The molecule has 0 aliphatic heterocycles. The van der Waals surface area contributed by atoms with E-state index in [9.17, 15) is 4.79 Å². The minimum Gasteiger partial charge on any atom is -0.493 e. The van der Waals surface area contributed by atoms with Crippen molar-refractivity contribution in [1.82, 2.24) is 5.32 Å². The summed E-state index contributed by atoms with van der Waals surface area (Å²) in [6.45, 7) is 2.35. The Morgan fingerprint density at radius 2 is 2.19 bits per heavy atom. The maximum atomic E-state index is 11.2. The first-order valence-corrected chi connectivity index (χ1v) is 7.31. The van der Waals surface area contributed by atoms with Gasteiger partial charge in [0.2, 0.25) is 5.91 Å². The smallest absolute Gasteiger partial charge is 0.219 e. The minimum absolute atomic E-state index is 0.00234. The van der Waals surface area contributed by atoms with Gasteiger partial charge in [0, 0.05) is 36.2 Å². The molecule has 1 rings (SSSR count). The third-order valence-electron chi connectivity index (χ3n) is 2.93. The lowest BCUT2D eigenvalue weighted by Crippen LogP contribution is -2.19. The van der Waals surface area contributed by atoms with Gasteiger partial charge in [0.05, 0.1) is 13.7 Å². The summed E-state index contributed by atoms with van der Waals surface area (Å²) in [5, 5.41) is 3.16.